The molecule has 1 saturated heterocycles. The summed E-state index contributed by atoms with van der Waals surface area (Å²) in [7, 11) is 0. The van der Waals surface area contributed by atoms with Gasteiger partial charge in [-0.1, -0.05) is 24.3 Å². The number of ether oxygens (including phenoxy) is 4. The first-order valence-electron chi connectivity index (χ1n) is 9.08. The maximum atomic E-state index is 12.0. The number of unbranched alkanes of at least 4 members (excludes halogenated alkanes) is 1. The van der Waals surface area contributed by atoms with Crippen LogP contribution in [0.25, 0.3) is 0 Å². The van der Waals surface area contributed by atoms with Crippen molar-refractivity contribution in [3.63, 3.8) is 0 Å². The molecule has 5 heteroatoms. The fourth-order valence-corrected chi connectivity index (χ4v) is 2.54. The molecule has 1 fully saturated rings. The van der Waals surface area contributed by atoms with Crippen molar-refractivity contribution in [2.24, 2.45) is 0 Å². The standard InChI is InChI=1S/C21H32O5/c1-6-8-9-11-17(3)24-20(22)14-13-19-18(25-21(4,5)26-19)12-10-16-23-15-7-2/h6-7,10,12-14,17-19H,1-2,8-9,11,15-16H2,3-5H3/b12-10-,14-13+/t17-,18+,19-/m1/s1. The first kappa shape index (κ1) is 22.4. The van der Waals surface area contributed by atoms with Crippen LogP contribution in [0.2, 0.25) is 0 Å². The minimum absolute atomic E-state index is 0.123. The van der Waals surface area contributed by atoms with Crippen molar-refractivity contribution in [2.45, 2.75) is 64.1 Å². The molecule has 0 aromatic carbocycles. The van der Waals surface area contributed by atoms with Crippen LogP contribution < -0.4 is 0 Å². The first-order chi connectivity index (χ1) is 12.4. The smallest absolute Gasteiger partial charge is 0.330 e. The van der Waals surface area contributed by atoms with E-state index in [1.807, 2.05) is 39.0 Å². The number of rotatable bonds is 12. The SMILES string of the molecule is C=CCCC[C@@H](C)OC(=O)/C=C/[C@H]1OC(C)(C)O[C@H]1/C=C\COCC=C. The van der Waals surface area contributed by atoms with Gasteiger partial charge in [-0.25, -0.2) is 4.79 Å². The summed E-state index contributed by atoms with van der Waals surface area (Å²) in [6.07, 6.45) is 12.3. The summed E-state index contributed by atoms with van der Waals surface area (Å²) in [5.41, 5.74) is 0. The topological polar surface area (TPSA) is 54.0 Å². The Kier molecular flexibility index (Phi) is 10.2. The summed E-state index contributed by atoms with van der Waals surface area (Å²) in [6.45, 7) is 13.8. The van der Waals surface area contributed by atoms with Crippen LogP contribution in [0, 0.1) is 0 Å². The Hall–Kier alpha value is -1.69. The highest BCUT2D eigenvalue weighted by Gasteiger charge is 2.38. The van der Waals surface area contributed by atoms with E-state index in [1.54, 1.807) is 12.2 Å². The molecule has 0 saturated carbocycles. The summed E-state index contributed by atoms with van der Waals surface area (Å²) >= 11 is 0. The highest BCUT2D eigenvalue weighted by atomic mass is 16.7. The zero-order valence-corrected chi connectivity index (χ0v) is 16.2. The zero-order chi connectivity index (χ0) is 19.4. The number of carbonyl (C=O) groups is 1. The van der Waals surface area contributed by atoms with E-state index >= 15 is 0 Å². The van der Waals surface area contributed by atoms with Crippen molar-refractivity contribution in [3.05, 3.63) is 49.6 Å². The fraction of sp³-hybridized carbons (Fsp3) is 0.571. The molecule has 0 aromatic rings. The summed E-state index contributed by atoms with van der Waals surface area (Å²) in [6, 6.07) is 0. The van der Waals surface area contributed by atoms with E-state index in [0.29, 0.717) is 13.2 Å². The molecular formula is C21H32O5. The van der Waals surface area contributed by atoms with Crippen LogP contribution in [-0.2, 0) is 23.7 Å². The minimum atomic E-state index is -0.714. The molecule has 0 bridgehead atoms. The monoisotopic (exact) mass is 364 g/mol. The second-order valence-electron chi connectivity index (χ2n) is 6.65. The molecule has 146 valence electrons. The van der Waals surface area contributed by atoms with Gasteiger partial charge in [-0.15, -0.1) is 13.2 Å². The van der Waals surface area contributed by atoms with E-state index in [2.05, 4.69) is 13.2 Å². The van der Waals surface area contributed by atoms with Crippen LogP contribution in [0.4, 0.5) is 0 Å². The summed E-state index contributed by atoms with van der Waals surface area (Å²) in [5, 5.41) is 0. The normalized spacial score (nSPS) is 23.3. The molecule has 0 amide bonds. The Morgan fingerprint density at radius 2 is 1.85 bits per heavy atom. The lowest BCUT2D eigenvalue weighted by Gasteiger charge is -2.15. The van der Waals surface area contributed by atoms with E-state index in [-0.39, 0.29) is 24.3 Å². The average molecular weight is 364 g/mol. The predicted molar refractivity (Wildman–Crippen MR) is 103 cm³/mol. The maximum absolute atomic E-state index is 12.0. The van der Waals surface area contributed by atoms with Crippen LogP contribution in [0.1, 0.15) is 40.0 Å². The predicted octanol–water partition coefficient (Wildman–Crippen LogP) is 4.11. The van der Waals surface area contributed by atoms with E-state index in [0.717, 1.165) is 19.3 Å². The van der Waals surface area contributed by atoms with Gasteiger partial charge >= 0.3 is 5.97 Å². The molecule has 0 spiro atoms. The summed E-state index contributed by atoms with van der Waals surface area (Å²) < 4.78 is 22.4. The van der Waals surface area contributed by atoms with Crippen LogP contribution >= 0.6 is 0 Å². The van der Waals surface area contributed by atoms with Crippen molar-refractivity contribution in [3.8, 4) is 0 Å². The molecule has 1 heterocycles. The molecule has 0 unspecified atom stereocenters. The number of hydrogen-bond acceptors (Lipinski definition) is 5. The van der Waals surface area contributed by atoms with Crippen molar-refractivity contribution in [1.82, 2.24) is 0 Å². The molecule has 1 aliphatic heterocycles. The molecule has 26 heavy (non-hydrogen) atoms. The van der Waals surface area contributed by atoms with Gasteiger partial charge in [0.1, 0.15) is 12.2 Å². The van der Waals surface area contributed by atoms with E-state index in [9.17, 15) is 4.79 Å². The number of allylic oxidation sites excluding steroid dienone is 1. The third-order valence-corrected chi connectivity index (χ3v) is 3.70. The van der Waals surface area contributed by atoms with Gasteiger partial charge in [-0.2, -0.15) is 0 Å². The Morgan fingerprint density at radius 1 is 1.15 bits per heavy atom. The molecular weight excluding hydrogens is 332 g/mol. The van der Waals surface area contributed by atoms with Crippen LogP contribution in [0.5, 0.6) is 0 Å². The van der Waals surface area contributed by atoms with Gasteiger partial charge in [0.05, 0.1) is 19.3 Å². The third-order valence-electron chi connectivity index (χ3n) is 3.70. The average Bonchev–Trinajstić information content (AvgIpc) is 2.87. The summed E-state index contributed by atoms with van der Waals surface area (Å²) in [4.78, 5) is 12.0. The molecule has 0 aliphatic carbocycles. The molecule has 3 atom stereocenters. The van der Waals surface area contributed by atoms with Gasteiger partial charge < -0.3 is 18.9 Å². The highest BCUT2D eigenvalue weighted by Crippen LogP contribution is 2.29. The maximum Gasteiger partial charge on any atom is 0.330 e. The molecule has 0 aromatic heterocycles. The second kappa shape index (κ2) is 11.8. The minimum Gasteiger partial charge on any atom is -0.460 e. The largest absolute Gasteiger partial charge is 0.460 e. The molecule has 1 aliphatic rings. The lowest BCUT2D eigenvalue weighted by molar-refractivity contribution is -0.143. The number of esters is 1. The van der Waals surface area contributed by atoms with Crippen molar-refractivity contribution >= 4 is 5.97 Å². The fourth-order valence-electron chi connectivity index (χ4n) is 2.54. The van der Waals surface area contributed by atoms with Gasteiger partial charge in [0.15, 0.2) is 5.79 Å². The molecule has 5 nitrogen and oxygen atoms in total. The highest BCUT2D eigenvalue weighted by molar-refractivity contribution is 5.82. The van der Waals surface area contributed by atoms with Crippen LogP contribution in [-0.4, -0.2) is 43.3 Å². The zero-order valence-electron chi connectivity index (χ0n) is 16.2. The van der Waals surface area contributed by atoms with Crippen LogP contribution in [0.15, 0.2) is 49.6 Å². The van der Waals surface area contributed by atoms with Crippen molar-refractivity contribution in [2.75, 3.05) is 13.2 Å². The lowest BCUT2D eigenvalue weighted by Crippen LogP contribution is -2.21. The van der Waals surface area contributed by atoms with Gasteiger partial charge in [0, 0.05) is 6.08 Å². The molecule has 0 radical (unpaired) electrons. The summed E-state index contributed by atoms with van der Waals surface area (Å²) in [5.74, 6) is -1.09. The van der Waals surface area contributed by atoms with Gasteiger partial charge in [-0.05, 0) is 46.1 Å². The van der Waals surface area contributed by atoms with Crippen molar-refractivity contribution < 1.29 is 23.7 Å². The Balaban J connectivity index is 2.51. The third kappa shape index (κ3) is 9.13. The Bertz CT molecular complexity index is 507. The van der Waals surface area contributed by atoms with Crippen molar-refractivity contribution in [1.29, 1.82) is 0 Å². The number of hydrogen-bond donors (Lipinski definition) is 0. The Labute approximate surface area is 157 Å². The van der Waals surface area contributed by atoms with Gasteiger partial charge in [0.2, 0.25) is 0 Å². The molecule has 1 rings (SSSR count). The number of carbonyl (C=O) groups excluding carboxylic acids is 1. The Morgan fingerprint density at radius 3 is 2.50 bits per heavy atom. The second-order valence-corrected chi connectivity index (χ2v) is 6.65. The first-order valence-corrected chi connectivity index (χ1v) is 9.08. The molecule has 0 N–H and O–H groups in total. The van der Waals surface area contributed by atoms with E-state index < -0.39 is 5.79 Å². The van der Waals surface area contributed by atoms with Crippen LogP contribution in [0.3, 0.4) is 0 Å². The van der Waals surface area contributed by atoms with E-state index in [1.165, 1.54) is 6.08 Å². The van der Waals surface area contributed by atoms with Gasteiger partial charge in [-0.3, -0.25) is 0 Å². The quantitative estimate of drug-likeness (QED) is 0.226. The van der Waals surface area contributed by atoms with E-state index in [4.69, 9.17) is 18.9 Å². The van der Waals surface area contributed by atoms with Gasteiger partial charge in [0.25, 0.3) is 0 Å². The lowest BCUT2D eigenvalue weighted by atomic mass is 10.1.